The van der Waals surface area contributed by atoms with Gasteiger partial charge < -0.3 is 4.79 Å². The highest BCUT2D eigenvalue weighted by molar-refractivity contribution is 5.52. The number of halogens is 3. The van der Waals surface area contributed by atoms with Crippen molar-refractivity contribution in [2.24, 2.45) is 0 Å². The van der Waals surface area contributed by atoms with Crippen LogP contribution in [-0.4, -0.2) is 6.29 Å². The number of hydrogen-bond donors (Lipinski definition) is 0. The van der Waals surface area contributed by atoms with E-state index in [1.807, 2.05) is 0 Å². The molecule has 0 aliphatic rings. The summed E-state index contributed by atoms with van der Waals surface area (Å²) in [6.45, 7) is 0. The smallest absolute Gasteiger partial charge is 0.303 e. The molecule has 86 valence electrons. The van der Waals surface area contributed by atoms with Gasteiger partial charge in [0.05, 0.1) is 5.56 Å². The van der Waals surface area contributed by atoms with Crippen LogP contribution in [0.25, 0.3) is 6.08 Å². The first kappa shape index (κ1) is 12.5. The Kier molecular flexibility index (Phi) is 4.28. The Morgan fingerprint density at radius 2 is 1.69 bits per heavy atom. The number of carbonyl (C=O) groups is 1. The molecule has 0 aliphatic heterocycles. The van der Waals surface area contributed by atoms with Gasteiger partial charge in [-0.15, -0.1) is 0 Å². The third-order valence-corrected chi connectivity index (χ3v) is 2.00. The Bertz CT molecular complexity index is 363. The van der Waals surface area contributed by atoms with Crippen LogP contribution in [0.5, 0.6) is 0 Å². The highest BCUT2D eigenvalue weighted by Crippen LogP contribution is 2.29. The van der Waals surface area contributed by atoms with Gasteiger partial charge in [-0.1, -0.05) is 24.3 Å². The lowest BCUT2D eigenvalue weighted by molar-refractivity contribution is -0.137. The minimum Gasteiger partial charge on any atom is -0.303 e. The van der Waals surface area contributed by atoms with Crippen molar-refractivity contribution < 1.29 is 18.0 Å². The molecule has 0 spiro atoms. The number of rotatable bonds is 4. The van der Waals surface area contributed by atoms with Crippen molar-refractivity contribution in [2.45, 2.75) is 19.0 Å². The van der Waals surface area contributed by atoms with Crippen LogP contribution in [0.1, 0.15) is 24.0 Å². The molecule has 4 heteroatoms. The second-order valence-corrected chi connectivity index (χ2v) is 3.27. The van der Waals surface area contributed by atoms with E-state index in [-0.39, 0.29) is 0 Å². The van der Waals surface area contributed by atoms with Gasteiger partial charge in [0.1, 0.15) is 6.29 Å². The molecule has 0 saturated heterocycles. The summed E-state index contributed by atoms with van der Waals surface area (Å²) in [5, 5.41) is 0. The predicted molar refractivity (Wildman–Crippen MR) is 55.8 cm³/mol. The van der Waals surface area contributed by atoms with Crippen molar-refractivity contribution in [3.05, 3.63) is 41.5 Å². The molecule has 1 aromatic rings. The van der Waals surface area contributed by atoms with Crippen molar-refractivity contribution >= 4 is 12.4 Å². The minimum absolute atomic E-state index is 0.428. The van der Waals surface area contributed by atoms with E-state index in [1.54, 1.807) is 12.2 Å². The average molecular weight is 228 g/mol. The number of allylic oxidation sites excluding steroid dienone is 1. The van der Waals surface area contributed by atoms with Crippen molar-refractivity contribution in [1.29, 1.82) is 0 Å². The van der Waals surface area contributed by atoms with Gasteiger partial charge in [-0.05, 0) is 24.1 Å². The van der Waals surface area contributed by atoms with Crippen molar-refractivity contribution in [3.63, 3.8) is 0 Å². The summed E-state index contributed by atoms with van der Waals surface area (Å²) in [6.07, 6.45) is 0.999. The molecule has 16 heavy (non-hydrogen) atoms. The second kappa shape index (κ2) is 5.49. The average Bonchev–Trinajstić information content (AvgIpc) is 2.24. The van der Waals surface area contributed by atoms with Gasteiger partial charge in [-0.25, -0.2) is 0 Å². The molecular weight excluding hydrogens is 217 g/mol. The summed E-state index contributed by atoms with van der Waals surface area (Å²) in [7, 11) is 0. The van der Waals surface area contributed by atoms with Gasteiger partial charge in [0.15, 0.2) is 0 Å². The first-order valence-electron chi connectivity index (χ1n) is 4.81. The summed E-state index contributed by atoms with van der Waals surface area (Å²) in [5.41, 5.74) is 0.0384. The zero-order valence-corrected chi connectivity index (χ0v) is 8.50. The standard InChI is InChI=1S/C12H11F3O/c13-12(14,15)11-7-5-10(6-8-11)4-2-1-3-9-16/h2,4-9H,1,3H2. The zero-order chi connectivity index (χ0) is 12.0. The Balaban J connectivity index is 2.65. The van der Waals surface area contributed by atoms with Crippen molar-refractivity contribution in [2.75, 3.05) is 0 Å². The largest absolute Gasteiger partial charge is 0.416 e. The van der Waals surface area contributed by atoms with Crippen LogP contribution in [0.3, 0.4) is 0 Å². The molecule has 1 nitrogen and oxygen atoms in total. The maximum atomic E-state index is 12.2. The van der Waals surface area contributed by atoms with E-state index < -0.39 is 11.7 Å². The van der Waals surface area contributed by atoms with Crippen molar-refractivity contribution in [3.8, 4) is 0 Å². The van der Waals surface area contributed by atoms with Crippen LogP contribution >= 0.6 is 0 Å². The van der Waals surface area contributed by atoms with Gasteiger partial charge >= 0.3 is 6.18 Å². The fraction of sp³-hybridized carbons (Fsp3) is 0.250. The Morgan fingerprint density at radius 1 is 1.06 bits per heavy atom. The highest BCUT2D eigenvalue weighted by atomic mass is 19.4. The lowest BCUT2D eigenvalue weighted by Crippen LogP contribution is -2.03. The molecule has 0 unspecified atom stereocenters. The third kappa shape index (κ3) is 3.88. The first-order valence-corrected chi connectivity index (χ1v) is 4.81. The molecule has 1 aromatic carbocycles. The molecule has 0 radical (unpaired) electrons. The quantitative estimate of drug-likeness (QED) is 0.567. The number of hydrogen-bond acceptors (Lipinski definition) is 1. The topological polar surface area (TPSA) is 17.1 Å². The maximum Gasteiger partial charge on any atom is 0.416 e. The van der Waals surface area contributed by atoms with Gasteiger partial charge in [0.25, 0.3) is 0 Å². The zero-order valence-electron chi connectivity index (χ0n) is 8.50. The van der Waals surface area contributed by atoms with E-state index in [2.05, 4.69) is 0 Å². The number of unbranched alkanes of at least 4 members (excludes halogenated alkanes) is 1. The van der Waals surface area contributed by atoms with Crippen LogP contribution in [0.2, 0.25) is 0 Å². The van der Waals surface area contributed by atoms with E-state index in [1.165, 1.54) is 12.1 Å². The summed E-state index contributed by atoms with van der Waals surface area (Å²) < 4.78 is 36.6. The fourth-order valence-electron chi connectivity index (χ4n) is 1.17. The lowest BCUT2D eigenvalue weighted by atomic mass is 10.1. The Morgan fingerprint density at radius 3 is 2.19 bits per heavy atom. The molecule has 0 bridgehead atoms. The third-order valence-electron chi connectivity index (χ3n) is 2.00. The monoisotopic (exact) mass is 228 g/mol. The fourth-order valence-corrected chi connectivity index (χ4v) is 1.17. The molecule has 0 aliphatic carbocycles. The maximum absolute atomic E-state index is 12.2. The van der Waals surface area contributed by atoms with Crippen LogP contribution < -0.4 is 0 Å². The summed E-state index contributed by atoms with van der Waals surface area (Å²) in [6, 6.07) is 4.89. The lowest BCUT2D eigenvalue weighted by Gasteiger charge is -2.05. The number of benzene rings is 1. The molecular formula is C12H11F3O. The van der Waals surface area contributed by atoms with E-state index in [0.29, 0.717) is 18.4 Å². The summed E-state index contributed by atoms with van der Waals surface area (Å²) >= 11 is 0. The van der Waals surface area contributed by atoms with Crippen LogP contribution in [-0.2, 0) is 11.0 Å². The van der Waals surface area contributed by atoms with E-state index in [0.717, 1.165) is 18.4 Å². The molecule has 1 rings (SSSR count). The normalized spacial score (nSPS) is 11.9. The molecule has 0 atom stereocenters. The van der Waals surface area contributed by atoms with Crippen molar-refractivity contribution in [1.82, 2.24) is 0 Å². The van der Waals surface area contributed by atoms with Gasteiger partial charge in [0.2, 0.25) is 0 Å². The highest BCUT2D eigenvalue weighted by Gasteiger charge is 2.29. The van der Waals surface area contributed by atoms with Gasteiger partial charge in [0, 0.05) is 6.42 Å². The van der Waals surface area contributed by atoms with Crippen LogP contribution in [0.4, 0.5) is 13.2 Å². The van der Waals surface area contributed by atoms with E-state index in [9.17, 15) is 18.0 Å². The van der Waals surface area contributed by atoms with Gasteiger partial charge in [-0.3, -0.25) is 0 Å². The Labute approximate surface area is 91.6 Å². The van der Waals surface area contributed by atoms with E-state index >= 15 is 0 Å². The van der Waals surface area contributed by atoms with Gasteiger partial charge in [-0.2, -0.15) is 13.2 Å². The van der Waals surface area contributed by atoms with Crippen LogP contribution in [0.15, 0.2) is 30.3 Å². The molecule has 0 amide bonds. The minimum atomic E-state index is -4.29. The molecule has 0 fully saturated rings. The number of aldehydes is 1. The second-order valence-electron chi connectivity index (χ2n) is 3.27. The first-order chi connectivity index (χ1) is 7.54. The summed E-state index contributed by atoms with van der Waals surface area (Å²) in [5.74, 6) is 0. The van der Waals surface area contributed by atoms with Crippen LogP contribution in [0, 0.1) is 0 Å². The Hall–Kier alpha value is -1.58. The van der Waals surface area contributed by atoms with E-state index in [4.69, 9.17) is 0 Å². The number of alkyl halides is 3. The molecule has 0 aromatic heterocycles. The number of carbonyl (C=O) groups excluding carboxylic acids is 1. The molecule has 0 saturated carbocycles. The summed E-state index contributed by atoms with van der Waals surface area (Å²) in [4.78, 5) is 10.0. The molecule has 0 heterocycles. The predicted octanol–water partition coefficient (Wildman–Crippen LogP) is 3.70. The molecule has 0 N–H and O–H groups in total. The SMILES string of the molecule is O=CCCC=Cc1ccc(C(F)(F)F)cc1.